The molecule has 0 radical (unpaired) electrons. The molecule has 4 aromatic carbocycles. The van der Waals surface area contributed by atoms with Gasteiger partial charge in [0.1, 0.15) is 11.6 Å². The molecule has 0 fully saturated rings. The fourth-order valence-electron chi connectivity index (χ4n) is 5.35. The van der Waals surface area contributed by atoms with Crippen LogP contribution in [0.25, 0.3) is 22.3 Å². The van der Waals surface area contributed by atoms with Crippen molar-refractivity contribution in [2.75, 3.05) is 0 Å². The van der Waals surface area contributed by atoms with Crippen LogP contribution in [0.4, 0.5) is 8.78 Å². The minimum absolute atomic E-state index is 0.0278. The topological polar surface area (TPSA) is 161 Å². The Balaban J connectivity index is 0.000000267. The van der Waals surface area contributed by atoms with E-state index in [1.54, 1.807) is 55.4 Å². The van der Waals surface area contributed by atoms with Gasteiger partial charge in [-0.2, -0.15) is 0 Å². The summed E-state index contributed by atoms with van der Waals surface area (Å²) in [5, 5.41) is 47.0. The number of aliphatic carboxylic acids is 2. The largest absolute Gasteiger partial charge is 0.479 e. The fraction of sp³-hybridized carbons (Fsp3) is 0.278. The number of hydrogen-bond acceptors (Lipinski definition) is 6. The SMILES string of the molecule is CB(O)C[C@H](Cc1ccc(-c2cc(Cl)ccc2F)cc1)C[C@@H](O)C(=O)O.N[C@H](Cc1ccc(-c2cc(Cl)ccc2F)cc1)C[C@@H](O)C(=O)O. The summed E-state index contributed by atoms with van der Waals surface area (Å²) in [6, 6.07) is 22.6. The van der Waals surface area contributed by atoms with Crippen molar-refractivity contribution >= 4 is 42.1 Å². The molecule has 0 aromatic heterocycles. The van der Waals surface area contributed by atoms with E-state index >= 15 is 0 Å². The molecule has 0 unspecified atom stereocenters. The Kier molecular flexibility index (Phi) is 15.2. The van der Waals surface area contributed by atoms with Crippen molar-refractivity contribution in [3.63, 3.8) is 0 Å². The molecule has 0 amide bonds. The highest BCUT2D eigenvalue weighted by molar-refractivity contribution is 6.48. The zero-order chi connectivity index (χ0) is 36.2. The smallest absolute Gasteiger partial charge is 0.332 e. The van der Waals surface area contributed by atoms with Gasteiger partial charge in [0, 0.05) is 27.2 Å². The predicted molar refractivity (Wildman–Crippen MR) is 188 cm³/mol. The van der Waals surface area contributed by atoms with Crippen LogP contribution < -0.4 is 5.73 Å². The van der Waals surface area contributed by atoms with Crippen LogP contribution in [0.15, 0.2) is 84.9 Å². The van der Waals surface area contributed by atoms with Gasteiger partial charge < -0.3 is 31.2 Å². The van der Waals surface area contributed by atoms with Gasteiger partial charge in [0.15, 0.2) is 12.2 Å². The molecule has 4 atom stereocenters. The molecular formula is C36H38BCl2F2NO7. The quantitative estimate of drug-likeness (QED) is 0.0796. The third-order valence-electron chi connectivity index (χ3n) is 7.74. The van der Waals surface area contributed by atoms with Crippen molar-refractivity contribution in [2.24, 2.45) is 11.7 Å². The highest BCUT2D eigenvalue weighted by atomic mass is 35.5. The number of rotatable bonds is 14. The molecule has 0 aliphatic carbocycles. The van der Waals surface area contributed by atoms with Gasteiger partial charge in [0.25, 0.3) is 6.92 Å². The lowest BCUT2D eigenvalue weighted by Gasteiger charge is -2.19. The third kappa shape index (κ3) is 12.9. The summed E-state index contributed by atoms with van der Waals surface area (Å²) in [6.07, 6.45) is -1.58. The third-order valence-corrected chi connectivity index (χ3v) is 8.21. The van der Waals surface area contributed by atoms with Gasteiger partial charge in [0.05, 0.1) is 0 Å². The van der Waals surface area contributed by atoms with E-state index in [0.29, 0.717) is 51.5 Å². The monoisotopic (exact) mass is 715 g/mol. The van der Waals surface area contributed by atoms with Crippen molar-refractivity contribution in [3.8, 4) is 22.3 Å². The summed E-state index contributed by atoms with van der Waals surface area (Å²) in [5.41, 5.74) is 9.82. The molecule has 4 aromatic rings. The Morgan fingerprint density at radius 1 is 0.714 bits per heavy atom. The number of aliphatic hydroxyl groups excluding tert-OH is 2. The van der Waals surface area contributed by atoms with Crippen molar-refractivity contribution in [2.45, 2.75) is 57.1 Å². The van der Waals surface area contributed by atoms with Gasteiger partial charge in [-0.15, -0.1) is 0 Å². The first-order chi connectivity index (χ1) is 23.1. The normalized spacial score (nSPS) is 13.4. The zero-order valence-electron chi connectivity index (χ0n) is 26.6. The van der Waals surface area contributed by atoms with Gasteiger partial charge in [-0.1, -0.05) is 78.6 Å². The number of nitrogens with two attached hydrogens (primary N) is 1. The zero-order valence-corrected chi connectivity index (χ0v) is 28.2. The summed E-state index contributed by atoms with van der Waals surface area (Å²) in [5.74, 6) is -3.46. The van der Waals surface area contributed by atoms with Crippen molar-refractivity contribution in [3.05, 3.63) is 118 Å². The average Bonchev–Trinajstić information content (AvgIpc) is 3.04. The van der Waals surface area contributed by atoms with Gasteiger partial charge in [0.2, 0.25) is 0 Å². The maximum atomic E-state index is 14.0. The van der Waals surface area contributed by atoms with E-state index in [4.69, 9.17) is 39.1 Å². The van der Waals surface area contributed by atoms with Crippen LogP contribution in [0.5, 0.6) is 0 Å². The molecule has 4 rings (SSSR count). The number of carboxylic acid groups (broad SMARTS) is 2. The van der Waals surface area contributed by atoms with E-state index in [1.807, 2.05) is 12.1 Å². The molecule has 0 aliphatic heterocycles. The van der Waals surface area contributed by atoms with Crippen LogP contribution in [0.2, 0.25) is 23.2 Å². The molecule has 49 heavy (non-hydrogen) atoms. The molecule has 13 heteroatoms. The molecule has 0 spiro atoms. The van der Waals surface area contributed by atoms with E-state index in [0.717, 1.165) is 11.1 Å². The molecular weight excluding hydrogens is 678 g/mol. The lowest BCUT2D eigenvalue weighted by Crippen LogP contribution is -2.32. The molecule has 0 saturated carbocycles. The number of halogens is 4. The standard InChI is InChI=1S/C19H21BClFO4.C17H17ClFNO3/c1-20(26)11-13(9-18(23)19(24)25)8-12-2-4-14(5-3-12)16-10-15(21)6-7-17(16)22;18-12-5-6-15(19)14(8-12)11-3-1-10(2-4-11)7-13(20)9-16(21)17(22)23/h2-7,10,13,18,23,26H,8-9,11H2,1H3,(H,24,25);1-6,8,13,16,21H,7,9,20H2,(H,22,23)/t13-,18-;13-,16-/m11/s1. The van der Waals surface area contributed by atoms with Crippen molar-refractivity contribution in [1.29, 1.82) is 0 Å². The van der Waals surface area contributed by atoms with Crippen LogP contribution >= 0.6 is 23.2 Å². The predicted octanol–water partition coefficient (Wildman–Crippen LogP) is 6.61. The second-order valence-corrected chi connectivity index (χ2v) is 12.8. The van der Waals surface area contributed by atoms with Crippen molar-refractivity contribution in [1.82, 2.24) is 0 Å². The van der Waals surface area contributed by atoms with Crippen LogP contribution in [-0.4, -0.2) is 62.6 Å². The summed E-state index contributed by atoms with van der Waals surface area (Å²) in [4.78, 5) is 21.5. The molecule has 0 heterocycles. The maximum absolute atomic E-state index is 14.0. The number of carbonyl (C=O) groups is 2. The van der Waals surface area contributed by atoms with Gasteiger partial charge in [-0.25, -0.2) is 18.4 Å². The Morgan fingerprint density at radius 3 is 1.53 bits per heavy atom. The lowest BCUT2D eigenvalue weighted by molar-refractivity contribution is -0.148. The van der Waals surface area contributed by atoms with E-state index in [-0.39, 0.29) is 30.4 Å². The highest BCUT2D eigenvalue weighted by Crippen LogP contribution is 2.29. The molecule has 260 valence electrons. The number of hydrogen-bond donors (Lipinski definition) is 6. The maximum Gasteiger partial charge on any atom is 0.332 e. The first kappa shape index (κ1) is 39.6. The Hall–Kier alpha value is -3.84. The van der Waals surface area contributed by atoms with Gasteiger partial charge >= 0.3 is 11.9 Å². The van der Waals surface area contributed by atoms with E-state index in [2.05, 4.69) is 0 Å². The van der Waals surface area contributed by atoms with Crippen LogP contribution in [0.3, 0.4) is 0 Å². The summed E-state index contributed by atoms with van der Waals surface area (Å²) < 4.78 is 27.8. The number of carboxylic acids is 2. The molecule has 0 bridgehead atoms. The van der Waals surface area contributed by atoms with Gasteiger partial charge in [-0.05, 0) is 96.6 Å². The second kappa shape index (κ2) is 18.8. The van der Waals surface area contributed by atoms with Crippen LogP contribution in [-0.2, 0) is 22.4 Å². The number of aliphatic hydroxyl groups is 2. The summed E-state index contributed by atoms with van der Waals surface area (Å²) in [7, 11) is 0. The first-order valence-corrected chi connectivity index (χ1v) is 16.2. The Labute approximate surface area is 293 Å². The van der Waals surface area contributed by atoms with Crippen LogP contribution in [0.1, 0.15) is 24.0 Å². The fourth-order valence-corrected chi connectivity index (χ4v) is 5.69. The summed E-state index contributed by atoms with van der Waals surface area (Å²) >= 11 is 11.8. The van der Waals surface area contributed by atoms with Crippen molar-refractivity contribution < 1.29 is 43.8 Å². The van der Waals surface area contributed by atoms with E-state index in [1.165, 1.54) is 24.3 Å². The van der Waals surface area contributed by atoms with Gasteiger partial charge in [-0.3, -0.25) is 0 Å². The summed E-state index contributed by atoms with van der Waals surface area (Å²) in [6.45, 7) is 1.03. The Morgan fingerprint density at radius 2 is 1.12 bits per heavy atom. The highest BCUT2D eigenvalue weighted by Gasteiger charge is 2.23. The lowest BCUT2D eigenvalue weighted by atomic mass is 9.62. The first-order valence-electron chi connectivity index (χ1n) is 15.5. The molecule has 8 nitrogen and oxygen atoms in total. The van der Waals surface area contributed by atoms with E-state index in [9.17, 15) is 33.6 Å². The number of benzene rings is 4. The molecule has 0 saturated heterocycles. The van der Waals surface area contributed by atoms with E-state index < -0.39 is 37.1 Å². The second-order valence-electron chi connectivity index (χ2n) is 11.9. The molecule has 0 aliphatic rings. The Bertz CT molecular complexity index is 1690. The van der Waals surface area contributed by atoms with Crippen LogP contribution in [0, 0.1) is 17.6 Å². The average molecular weight is 716 g/mol. The molecule has 7 N–H and O–H groups in total. The minimum atomic E-state index is -1.47. The minimum Gasteiger partial charge on any atom is -0.479 e.